The average Bonchev–Trinajstić information content (AvgIpc) is 3.43. The van der Waals surface area contributed by atoms with E-state index in [4.69, 9.17) is 0 Å². The van der Waals surface area contributed by atoms with Crippen LogP contribution in [0.15, 0.2) is 157 Å². The van der Waals surface area contributed by atoms with E-state index in [2.05, 4.69) is 120 Å². The Labute approximate surface area is 294 Å². The highest BCUT2D eigenvalue weighted by Gasteiger charge is 2.47. The number of nitrogens with zero attached hydrogens (tertiary/aromatic N) is 3. The zero-order chi connectivity index (χ0) is 34.2. The van der Waals surface area contributed by atoms with Crippen LogP contribution in [-0.2, 0) is 0 Å². The highest BCUT2D eigenvalue weighted by atomic mass is 15.2. The molecule has 2 atom stereocenters. The predicted molar refractivity (Wildman–Crippen MR) is 205 cm³/mol. The summed E-state index contributed by atoms with van der Waals surface area (Å²) in [6.07, 6.45) is 15.9. The van der Waals surface area contributed by atoms with Crippen LogP contribution in [0.4, 0.5) is 17.1 Å². The first-order valence-corrected chi connectivity index (χ1v) is 17.2. The molecule has 0 fully saturated rings. The average molecular weight is 645 g/mol. The summed E-state index contributed by atoms with van der Waals surface area (Å²) >= 11 is 0. The number of aryl methyl sites for hydroxylation is 1. The van der Waals surface area contributed by atoms with Crippen molar-refractivity contribution >= 4 is 17.1 Å². The smallest absolute Gasteiger partial charge is 0.101 e. The second-order valence-electron chi connectivity index (χ2n) is 13.4. The summed E-state index contributed by atoms with van der Waals surface area (Å²) in [5, 5.41) is 23.6. The van der Waals surface area contributed by atoms with Gasteiger partial charge in [0.25, 0.3) is 0 Å². The number of para-hydroxylation sites is 2. The summed E-state index contributed by atoms with van der Waals surface area (Å²) in [7, 11) is 0. The molecular formula is C46H36N4. The van der Waals surface area contributed by atoms with Crippen molar-refractivity contribution in [1.29, 1.82) is 10.5 Å². The Morgan fingerprint density at radius 3 is 2.36 bits per heavy atom. The highest BCUT2D eigenvalue weighted by Crippen LogP contribution is 2.53. The first-order chi connectivity index (χ1) is 24.5. The lowest BCUT2D eigenvalue weighted by molar-refractivity contribution is 0.462. The van der Waals surface area contributed by atoms with Gasteiger partial charge >= 0.3 is 0 Å². The summed E-state index contributed by atoms with van der Waals surface area (Å²) < 4.78 is 0. The monoisotopic (exact) mass is 644 g/mol. The number of rotatable bonds is 6. The number of hydrogen-bond acceptors (Lipinski definition) is 4. The Bertz CT molecular complexity index is 2380. The quantitative estimate of drug-likeness (QED) is 0.200. The standard InChI is InChI=1S/C46H36N4/c1-31-13-11-16-36(30-48)45(31)38-18-3-6-20-40(38)49-41-28-33(24-25-35(41)29-47)32-14-12-15-34(27-32)37-17-4-7-21-42(37)50-43-22-8-5-19-39(43)46(2)26-10-9-23-44(46)50/h3-4,6-18,20-28,44,49H,5,19H2,1-2H3. The number of benzene rings is 5. The van der Waals surface area contributed by atoms with Gasteiger partial charge in [-0.1, -0.05) is 103 Å². The van der Waals surface area contributed by atoms with Crippen molar-refractivity contribution < 1.29 is 0 Å². The second kappa shape index (κ2) is 12.6. The molecule has 2 aliphatic carbocycles. The minimum atomic E-state index is -0.0380. The summed E-state index contributed by atoms with van der Waals surface area (Å²) in [6, 6.07) is 42.1. The summed E-state index contributed by atoms with van der Waals surface area (Å²) in [5.74, 6) is 0. The molecule has 2 unspecified atom stereocenters. The van der Waals surface area contributed by atoms with E-state index >= 15 is 0 Å². The van der Waals surface area contributed by atoms with Crippen LogP contribution in [0.3, 0.4) is 0 Å². The molecule has 5 aromatic rings. The Morgan fingerprint density at radius 2 is 1.50 bits per heavy atom. The van der Waals surface area contributed by atoms with Crippen molar-refractivity contribution in [2.45, 2.75) is 32.7 Å². The molecule has 0 amide bonds. The molecule has 1 aliphatic heterocycles. The van der Waals surface area contributed by atoms with E-state index in [1.807, 2.05) is 61.5 Å². The van der Waals surface area contributed by atoms with Crippen molar-refractivity contribution in [1.82, 2.24) is 0 Å². The lowest BCUT2D eigenvalue weighted by Gasteiger charge is -2.37. The maximum absolute atomic E-state index is 10.1. The number of nitriles is 2. The first-order valence-electron chi connectivity index (χ1n) is 17.2. The molecule has 8 rings (SSSR count). The third-order valence-corrected chi connectivity index (χ3v) is 10.5. The molecule has 0 spiro atoms. The lowest BCUT2D eigenvalue weighted by Crippen LogP contribution is -2.39. The van der Waals surface area contributed by atoms with Gasteiger partial charge in [-0.3, -0.25) is 0 Å². The maximum Gasteiger partial charge on any atom is 0.101 e. The van der Waals surface area contributed by atoms with Gasteiger partial charge in [0.1, 0.15) is 6.07 Å². The molecule has 0 radical (unpaired) electrons. The summed E-state index contributed by atoms with van der Waals surface area (Å²) in [6.45, 7) is 4.40. The minimum Gasteiger partial charge on any atom is -0.354 e. The predicted octanol–water partition coefficient (Wildman–Crippen LogP) is 11.4. The molecule has 4 heteroatoms. The minimum absolute atomic E-state index is 0.0380. The van der Waals surface area contributed by atoms with Crippen LogP contribution in [0.25, 0.3) is 33.4 Å². The van der Waals surface area contributed by atoms with Crippen LogP contribution in [-0.4, -0.2) is 6.04 Å². The molecule has 0 aromatic heterocycles. The fraction of sp³-hybridized carbons (Fsp3) is 0.130. The molecule has 1 N–H and O–H groups in total. The molecule has 50 heavy (non-hydrogen) atoms. The summed E-state index contributed by atoms with van der Waals surface area (Å²) in [5.41, 5.74) is 13.9. The lowest BCUT2D eigenvalue weighted by atomic mass is 9.73. The SMILES string of the molecule is Cc1cccc(C#N)c1-c1ccccc1Nc1cc(-c2cccc(-c3ccccc3N3C4=C(CCC=C4)C4(C)C=CC=CC34)c2)ccc1C#N. The van der Waals surface area contributed by atoms with Gasteiger partial charge in [0.2, 0.25) is 0 Å². The van der Waals surface area contributed by atoms with Gasteiger partial charge in [-0.25, -0.2) is 0 Å². The number of hydrogen-bond donors (Lipinski definition) is 1. The number of fused-ring (bicyclic) bond motifs is 2. The van der Waals surface area contributed by atoms with Crippen LogP contribution in [0.5, 0.6) is 0 Å². The van der Waals surface area contributed by atoms with Gasteiger partial charge in [0.05, 0.1) is 28.9 Å². The Hall–Kier alpha value is -6.36. The van der Waals surface area contributed by atoms with E-state index in [9.17, 15) is 10.5 Å². The van der Waals surface area contributed by atoms with Gasteiger partial charge in [0, 0.05) is 39.2 Å². The Kier molecular flexibility index (Phi) is 7.79. The number of allylic oxidation sites excluding steroid dienone is 4. The van der Waals surface area contributed by atoms with E-state index in [1.54, 1.807) is 0 Å². The first kappa shape index (κ1) is 30.9. The van der Waals surface area contributed by atoms with Crippen LogP contribution in [0, 0.1) is 35.0 Å². The fourth-order valence-electron chi connectivity index (χ4n) is 8.00. The second-order valence-corrected chi connectivity index (χ2v) is 13.4. The van der Waals surface area contributed by atoms with Crippen molar-refractivity contribution in [3.8, 4) is 45.5 Å². The molecule has 240 valence electrons. The molecular weight excluding hydrogens is 609 g/mol. The van der Waals surface area contributed by atoms with Crippen molar-refractivity contribution in [3.05, 3.63) is 174 Å². The van der Waals surface area contributed by atoms with E-state index in [0.29, 0.717) is 16.8 Å². The van der Waals surface area contributed by atoms with E-state index < -0.39 is 0 Å². The van der Waals surface area contributed by atoms with Gasteiger partial charge in [-0.15, -0.1) is 0 Å². The van der Waals surface area contributed by atoms with Gasteiger partial charge < -0.3 is 10.2 Å². The Balaban J connectivity index is 1.18. The highest BCUT2D eigenvalue weighted by molar-refractivity contribution is 5.89. The maximum atomic E-state index is 10.1. The van der Waals surface area contributed by atoms with Crippen molar-refractivity contribution in [2.24, 2.45) is 5.41 Å². The molecule has 0 saturated heterocycles. The molecule has 4 nitrogen and oxygen atoms in total. The zero-order valence-electron chi connectivity index (χ0n) is 28.2. The summed E-state index contributed by atoms with van der Waals surface area (Å²) in [4.78, 5) is 2.54. The third-order valence-electron chi connectivity index (χ3n) is 10.5. The molecule has 1 heterocycles. The van der Waals surface area contributed by atoms with E-state index in [-0.39, 0.29) is 11.5 Å². The topological polar surface area (TPSA) is 62.9 Å². The largest absolute Gasteiger partial charge is 0.354 e. The van der Waals surface area contributed by atoms with Crippen molar-refractivity contribution in [2.75, 3.05) is 10.2 Å². The fourth-order valence-corrected chi connectivity index (χ4v) is 8.00. The molecule has 5 aromatic carbocycles. The van der Waals surface area contributed by atoms with Gasteiger partial charge in [-0.05, 0) is 97.0 Å². The molecule has 3 aliphatic rings. The van der Waals surface area contributed by atoms with Crippen LogP contribution >= 0.6 is 0 Å². The van der Waals surface area contributed by atoms with Gasteiger partial charge in [-0.2, -0.15) is 10.5 Å². The normalized spacial score (nSPS) is 18.7. The number of nitrogens with one attached hydrogen (secondary N) is 1. The molecule has 0 bridgehead atoms. The van der Waals surface area contributed by atoms with Crippen LogP contribution < -0.4 is 10.2 Å². The van der Waals surface area contributed by atoms with E-state index in [0.717, 1.165) is 51.9 Å². The van der Waals surface area contributed by atoms with Crippen molar-refractivity contribution in [3.63, 3.8) is 0 Å². The Morgan fingerprint density at radius 1 is 0.740 bits per heavy atom. The van der Waals surface area contributed by atoms with Crippen LogP contribution in [0.1, 0.15) is 36.5 Å². The van der Waals surface area contributed by atoms with Crippen LogP contribution in [0.2, 0.25) is 0 Å². The number of anilines is 3. The van der Waals surface area contributed by atoms with E-state index in [1.165, 1.54) is 22.5 Å². The molecule has 0 saturated carbocycles. The third kappa shape index (κ3) is 5.14. The zero-order valence-corrected chi connectivity index (χ0v) is 28.2. The van der Waals surface area contributed by atoms with Gasteiger partial charge in [0.15, 0.2) is 0 Å².